The van der Waals surface area contributed by atoms with Crippen molar-refractivity contribution >= 4 is 21.8 Å². The summed E-state index contributed by atoms with van der Waals surface area (Å²) in [6.45, 7) is 3.29. The Hall–Kier alpha value is -2.87. The Labute approximate surface area is 163 Å². The molecule has 4 rings (SSSR count). The third kappa shape index (κ3) is 3.03. The molecule has 0 aliphatic carbocycles. The highest BCUT2D eigenvalue weighted by molar-refractivity contribution is 7.90. The van der Waals surface area contributed by atoms with Crippen molar-refractivity contribution in [3.8, 4) is 5.75 Å². The highest BCUT2D eigenvalue weighted by Crippen LogP contribution is 2.39. The van der Waals surface area contributed by atoms with E-state index in [-0.39, 0.29) is 16.5 Å². The maximum atomic E-state index is 12.7. The van der Waals surface area contributed by atoms with Crippen molar-refractivity contribution in [3.63, 3.8) is 0 Å². The molecule has 2 amide bonds. The summed E-state index contributed by atoms with van der Waals surface area (Å²) in [5.74, 6) is -0.540. The molecule has 28 heavy (non-hydrogen) atoms. The first-order valence-corrected chi connectivity index (χ1v) is 10.4. The van der Waals surface area contributed by atoms with Crippen molar-refractivity contribution < 1.29 is 22.7 Å². The molecular formula is C20H20N2O5S. The summed E-state index contributed by atoms with van der Waals surface area (Å²) < 4.78 is 31.8. The molecule has 2 heterocycles. The lowest BCUT2D eigenvalue weighted by Crippen LogP contribution is -2.45. The number of carbonyl (C=O) groups excluding carboxylic acids is 2. The maximum absolute atomic E-state index is 12.7. The number of hydrogen-bond donors (Lipinski definition) is 1. The van der Waals surface area contributed by atoms with Crippen LogP contribution in [0, 0.1) is 0 Å². The van der Waals surface area contributed by atoms with Crippen LogP contribution in [0.1, 0.15) is 42.2 Å². The van der Waals surface area contributed by atoms with E-state index in [1.54, 1.807) is 12.1 Å². The number of carbonyl (C=O) groups is 2. The van der Waals surface area contributed by atoms with E-state index in [0.29, 0.717) is 16.5 Å². The van der Waals surface area contributed by atoms with Gasteiger partial charge in [-0.2, -0.15) is 0 Å². The third-order valence-corrected chi connectivity index (χ3v) is 6.70. The van der Waals surface area contributed by atoms with E-state index in [1.165, 1.54) is 12.1 Å². The maximum Gasteiger partial charge on any atom is 0.269 e. The van der Waals surface area contributed by atoms with E-state index in [9.17, 15) is 18.0 Å². The molecular weight excluding hydrogens is 380 g/mol. The van der Waals surface area contributed by atoms with Gasteiger partial charge >= 0.3 is 0 Å². The average molecular weight is 400 g/mol. The number of ether oxygens (including phenoxy) is 1. The second-order valence-corrected chi connectivity index (χ2v) is 9.37. The molecule has 0 saturated carbocycles. The number of hydrogen-bond acceptors (Lipinski definition) is 5. The van der Waals surface area contributed by atoms with Crippen LogP contribution in [-0.2, 0) is 14.8 Å². The lowest BCUT2D eigenvalue weighted by molar-refractivity contribution is -0.122. The first-order chi connectivity index (χ1) is 13.2. The molecule has 7 nitrogen and oxygen atoms in total. The fourth-order valence-electron chi connectivity index (χ4n) is 3.69. The van der Waals surface area contributed by atoms with Gasteiger partial charge in [-0.1, -0.05) is 30.3 Å². The van der Waals surface area contributed by atoms with Gasteiger partial charge in [0.15, 0.2) is 0 Å². The Balaban J connectivity index is 1.55. The highest BCUT2D eigenvalue weighted by Gasteiger charge is 2.42. The minimum Gasteiger partial charge on any atom is -0.487 e. The summed E-state index contributed by atoms with van der Waals surface area (Å²) in [5, 5.41) is 2.87. The number of amides is 2. The Morgan fingerprint density at radius 1 is 1.18 bits per heavy atom. The molecule has 1 unspecified atom stereocenters. The number of benzene rings is 2. The van der Waals surface area contributed by atoms with Crippen LogP contribution in [0.25, 0.3) is 0 Å². The van der Waals surface area contributed by atoms with Gasteiger partial charge in [-0.3, -0.25) is 9.59 Å². The minimum absolute atomic E-state index is 0.0645. The van der Waals surface area contributed by atoms with E-state index < -0.39 is 34.0 Å². The van der Waals surface area contributed by atoms with E-state index in [0.717, 1.165) is 5.56 Å². The summed E-state index contributed by atoms with van der Waals surface area (Å²) in [6, 6.07) is 13.0. The Kier molecular flexibility index (Phi) is 4.19. The first-order valence-electron chi connectivity index (χ1n) is 8.92. The van der Waals surface area contributed by atoms with Crippen molar-refractivity contribution in [1.29, 1.82) is 0 Å². The van der Waals surface area contributed by atoms with Gasteiger partial charge in [0.25, 0.3) is 15.9 Å². The molecule has 2 aliphatic heterocycles. The van der Waals surface area contributed by atoms with Gasteiger partial charge in [0.2, 0.25) is 5.91 Å². The van der Waals surface area contributed by atoms with Crippen LogP contribution < -0.4 is 10.1 Å². The second-order valence-electron chi connectivity index (χ2n) is 7.54. The monoisotopic (exact) mass is 400 g/mol. The van der Waals surface area contributed by atoms with Crippen LogP contribution in [0.5, 0.6) is 5.75 Å². The number of fused-ring (bicyclic) bond motifs is 2. The van der Waals surface area contributed by atoms with Gasteiger partial charge in [-0.15, -0.1) is 0 Å². The predicted molar refractivity (Wildman–Crippen MR) is 101 cm³/mol. The summed E-state index contributed by atoms with van der Waals surface area (Å²) in [4.78, 5) is 25.1. The molecule has 2 aromatic carbocycles. The van der Waals surface area contributed by atoms with Crippen LogP contribution in [0.3, 0.4) is 0 Å². The van der Waals surface area contributed by atoms with Crippen LogP contribution in [0.4, 0.5) is 0 Å². The van der Waals surface area contributed by atoms with Crippen molar-refractivity contribution in [2.24, 2.45) is 0 Å². The largest absolute Gasteiger partial charge is 0.487 e. The fraction of sp³-hybridized carbons (Fsp3) is 0.300. The van der Waals surface area contributed by atoms with Crippen LogP contribution in [0.15, 0.2) is 53.4 Å². The van der Waals surface area contributed by atoms with Crippen molar-refractivity contribution in [2.75, 3.05) is 6.54 Å². The zero-order valence-corrected chi connectivity index (χ0v) is 16.3. The normalized spacial score (nSPS) is 21.4. The first kappa shape index (κ1) is 18.5. The Morgan fingerprint density at radius 3 is 2.61 bits per heavy atom. The van der Waals surface area contributed by atoms with E-state index >= 15 is 0 Å². The molecule has 0 fully saturated rings. The highest BCUT2D eigenvalue weighted by atomic mass is 32.2. The van der Waals surface area contributed by atoms with Gasteiger partial charge in [0.05, 0.1) is 11.6 Å². The summed E-state index contributed by atoms with van der Waals surface area (Å²) in [5.41, 5.74) is 0.430. The number of para-hydroxylation sites is 1. The molecule has 1 atom stereocenters. The molecule has 2 aliphatic rings. The summed E-state index contributed by atoms with van der Waals surface area (Å²) >= 11 is 0. The van der Waals surface area contributed by atoms with Gasteiger partial charge in [0, 0.05) is 12.0 Å². The molecule has 2 aromatic rings. The van der Waals surface area contributed by atoms with Crippen molar-refractivity contribution in [1.82, 2.24) is 9.62 Å². The number of nitrogens with one attached hydrogen (secondary N) is 1. The summed E-state index contributed by atoms with van der Waals surface area (Å²) in [6.07, 6.45) is 0.524. The topological polar surface area (TPSA) is 92.8 Å². The minimum atomic E-state index is -4.02. The Morgan fingerprint density at radius 2 is 1.86 bits per heavy atom. The number of nitrogens with zero attached hydrogens (tertiary/aromatic N) is 1. The standard InChI is InChI=1S/C20H20N2O5S/c1-20(2)11-15(13-7-3-5-9-16(13)27-20)21-18(23)12-22-19(24)14-8-4-6-10-17(14)28(22,25)26/h3-10,15H,11-12H2,1-2H3,(H,21,23). The molecule has 0 bridgehead atoms. The van der Waals surface area contributed by atoms with E-state index in [1.807, 2.05) is 38.1 Å². The smallest absolute Gasteiger partial charge is 0.269 e. The van der Waals surface area contributed by atoms with E-state index in [2.05, 4.69) is 5.32 Å². The average Bonchev–Trinajstić information content (AvgIpc) is 2.82. The second kappa shape index (κ2) is 6.34. The van der Waals surface area contributed by atoms with Gasteiger partial charge < -0.3 is 10.1 Å². The van der Waals surface area contributed by atoms with Crippen LogP contribution in [0.2, 0.25) is 0 Å². The molecule has 0 radical (unpaired) electrons. The predicted octanol–water partition coefficient (Wildman–Crippen LogP) is 2.25. The Bertz CT molecular complexity index is 1080. The molecule has 0 spiro atoms. The van der Waals surface area contributed by atoms with Gasteiger partial charge in [-0.05, 0) is 32.0 Å². The molecule has 0 saturated heterocycles. The van der Waals surface area contributed by atoms with Crippen molar-refractivity contribution in [2.45, 2.75) is 36.8 Å². The number of sulfonamides is 1. The van der Waals surface area contributed by atoms with Gasteiger partial charge in [-0.25, -0.2) is 12.7 Å². The van der Waals surface area contributed by atoms with E-state index in [4.69, 9.17) is 4.74 Å². The zero-order chi connectivity index (χ0) is 20.1. The third-order valence-electron chi connectivity index (χ3n) is 4.91. The lowest BCUT2D eigenvalue weighted by Gasteiger charge is -2.38. The zero-order valence-electron chi connectivity index (χ0n) is 15.5. The SMILES string of the molecule is CC1(C)CC(NC(=O)CN2C(=O)c3ccccc3S2(=O)=O)c2ccccc2O1. The number of rotatable bonds is 3. The van der Waals surface area contributed by atoms with Crippen LogP contribution in [-0.4, -0.2) is 36.7 Å². The molecule has 146 valence electrons. The molecule has 1 N–H and O–H groups in total. The van der Waals surface area contributed by atoms with Crippen molar-refractivity contribution in [3.05, 3.63) is 59.7 Å². The van der Waals surface area contributed by atoms with Crippen LogP contribution >= 0.6 is 0 Å². The molecule has 8 heteroatoms. The quantitative estimate of drug-likeness (QED) is 0.853. The van der Waals surface area contributed by atoms with Gasteiger partial charge in [0.1, 0.15) is 22.8 Å². The fourth-order valence-corrected chi connectivity index (χ4v) is 5.21. The summed E-state index contributed by atoms with van der Waals surface area (Å²) in [7, 11) is -4.02. The lowest BCUT2D eigenvalue weighted by atomic mass is 9.89. The molecule has 0 aromatic heterocycles.